The van der Waals surface area contributed by atoms with Crippen LogP contribution in [0.4, 0.5) is 43.9 Å². The fourth-order valence-electron chi connectivity index (χ4n) is 3.78. The Morgan fingerprint density at radius 3 is 2.05 bits per heavy atom. The Kier molecular flexibility index (Phi) is 8.48. The van der Waals surface area contributed by atoms with Gasteiger partial charge in [-0.1, -0.05) is 12.1 Å². The molecular formula is C25H17F10NO3. The Labute approximate surface area is 213 Å². The van der Waals surface area contributed by atoms with Crippen molar-refractivity contribution in [2.45, 2.75) is 30.7 Å². The summed E-state index contributed by atoms with van der Waals surface area (Å²) in [4.78, 5) is 13.1. The highest BCUT2D eigenvalue weighted by atomic mass is 19.4. The highest BCUT2D eigenvalue weighted by Gasteiger charge is 2.45. The standard InChI is InChI=1S/C25H17F10NO3/c26-16-4-2-14(3-5-16)23(7-8-37,15-10-17(27)12-18(11-15)39-25(34,35)22(29)30)36-21(38)13-1-6-20(28)19(9-13)24(31,32)33/h1-6,9-12,22,37H,7-8H2,(H,36,38)/t23-/m1/s1. The van der Waals surface area contributed by atoms with Crippen LogP contribution in [0.3, 0.4) is 0 Å². The lowest BCUT2D eigenvalue weighted by Crippen LogP contribution is -2.47. The van der Waals surface area contributed by atoms with Gasteiger partial charge in [0.15, 0.2) is 0 Å². The number of ether oxygens (including phenoxy) is 1. The second kappa shape index (κ2) is 11.1. The number of alkyl halides is 7. The number of carbonyl (C=O) groups excluding carboxylic acids is 1. The van der Waals surface area contributed by atoms with Crippen LogP contribution in [-0.4, -0.2) is 30.2 Å². The molecule has 3 aromatic carbocycles. The van der Waals surface area contributed by atoms with Crippen LogP contribution < -0.4 is 10.1 Å². The number of amides is 1. The SMILES string of the molecule is O=C(N[C@](CCO)(c1ccc(F)cc1)c1cc(F)cc(OC(F)(F)C(F)F)c1)c1ccc(F)c(C(F)(F)F)c1. The molecule has 39 heavy (non-hydrogen) atoms. The molecule has 4 nitrogen and oxygen atoms in total. The fourth-order valence-corrected chi connectivity index (χ4v) is 3.78. The van der Waals surface area contributed by atoms with Gasteiger partial charge >= 0.3 is 18.7 Å². The summed E-state index contributed by atoms with van der Waals surface area (Å²) in [5.41, 5.74) is -5.32. The molecule has 2 N–H and O–H groups in total. The van der Waals surface area contributed by atoms with Gasteiger partial charge < -0.3 is 15.2 Å². The van der Waals surface area contributed by atoms with Crippen LogP contribution in [0.15, 0.2) is 60.7 Å². The lowest BCUT2D eigenvalue weighted by atomic mass is 9.79. The minimum Gasteiger partial charge on any atom is -0.428 e. The highest BCUT2D eigenvalue weighted by molar-refractivity contribution is 5.95. The minimum atomic E-state index is -5.19. The largest absolute Gasteiger partial charge is 0.461 e. The predicted octanol–water partition coefficient (Wildman–Crippen LogP) is 6.42. The van der Waals surface area contributed by atoms with Crippen LogP contribution in [0.2, 0.25) is 0 Å². The third-order valence-corrected chi connectivity index (χ3v) is 5.56. The lowest BCUT2D eigenvalue weighted by Gasteiger charge is -2.36. The van der Waals surface area contributed by atoms with Crippen LogP contribution in [0.25, 0.3) is 0 Å². The maximum Gasteiger partial charge on any atom is 0.461 e. The van der Waals surface area contributed by atoms with Crippen LogP contribution in [-0.2, 0) is 11.7 Å². The molecule has 0 spiro atoms. The van der Waals surface area contributed by atoms with E-state index in [4.69, 9.17) is 0 Å². The van der Waals surface area contributed by atoms with Crippen molar-refractivity contribution in [2.24, 2.45) is 0 Å². The summed E-state index contributed by atoms with van der Waals surface area (Å²) in [6.45, 7) is -0.825. The first-order valence-electron chi connectivity index (χ1n) is 10.8. The first kappa shape index (κ1) is 29.7. The van der Waals surface area contributed by atoms with Crippen LogP contribution in [0.1, 0.15) is 33.5 Å². The molecule has 0 heterocycles. The van der Waals surface area contributed by atoms with Crippen molar-refractivity contribution < 1.29 is 58.5 Å². The highest BCUT2D eigenvalue weighted by Crippen LogP contribution is 2.38. The molecule has 14 heteroatoms. The van der Waals surface area contributed by atoms with Crippen molar-refractivity contribution >= 4 is 5.91 Å². The molecule has 0 saturated heterocycles. The third kappa shape index (κ3) is 6.61. The molecule has 0 aromatic heterocycles. The molecule has 0 unspecified atom stereocenters. The van der Waals surface area contributed by atoms with Crippen molar-refractivity contribution in [3.8, 4) is 5.75 Å². The molecular weight excluding hydrogens is 552 g/mol. The minimum absolute atomic E-state index is 0.123. The van der Waals surface area contributed by atoms with E-state index in [1.165, 1.54) is 0 Å². The van der Waals surface area contributed by atoms with Gasteiger partial charge in [0.05, 0.1) is 11.1 Å². The predicted molar refractivity (Wildman–Crippen MR) is 116 cm³/mol. The van der Waals surface area contributed by atoms with Crippen molar-refractivity contribution in [3.05, 3.63) is 100 Å². The molecule has 1 atom stereocenters. The summed E-state index contributed by atoms with van der Waals surface area (Å²) in [5.74, 6) is -6.27. The van der Waals surface area contributed by atoms with E-state index < -0.39 is 83.1 Å². The average molecular weight is 569 g/mol. The van der Waals surface area contributed by atoms with Crippen molar-refractivity contribution in [1.82, 2.24) is 5.32 Å². The molecule has 0 saturated carbocycles. The quantitative estimate of drug-likeness (QED) is 0.293. The zero-order valence-electron chi connectivity index (χ0n) is 19.3. The molecule has 3 aromatic rings. The molecule has 210 valence electrons. The van der Waals surface area contributed by atoms with Gasteiger partial charge in [-0.3, -0.25) is 4.79 Å². The van der Waals surface area contributed by atoms with Crippen LogP contribution >= 0.6 is 0 Å². The van der Waals surface area contributed by atoms with E-state index in [-0.39, 0.29) is 11.6 Å². The van der Waals surface area contributed by atoms with Gasteiger partial charge in [0.25, 0.3) is 5.91 Å². The number of aliphatic hydroxyl groups excluding tert-OH is 1. The van der Waals surface area contributed by atoms with E-state index in [2.05, 4.69) is 10.1 Å². The monoisotopic (exact) mass is 569 g/mol. The molecule has 0 bridgehead atoms. The summed E-state index contributed by atoms with van der Waals surface area (Å²) < 4.78 is 138. The van der Waals surface area contributed by atoms with E-state index in [0.717, 1.165) is 24.3 Å². The van der Waals surface area contributed by atoms with Crippen molar-refractivity contribution in [2.75, 3.05) is 6.61 Å². The van der Waals surface area contributed by atoms with E-state index in [1.54, 1.807) is 0 Å². The van der Waals surface area contributed by atoms with Gasteiger partial charge in [-0.05, 0) is 53.6 Å². The Morgan fingerprint density at radius 2 is 1.49 bits per heavy atom. The zero-order valence-corrected chi connectivity index (χ0v) is 19.3. The van der Waals surface area contributed by atoms with Crippen molar-refractivity contribution in [3.63, 3.8) is 0 Å². The second-order valence-electron chi connectivity index (χ2n) is 8.17. The Balaban J connectivity index is 2.21. The van der Waals surface area contributed by atoms with Gasteiger partial charge in [0, 0.05) is 24.7 Å². The van der Waals surface area contributed by atoms with Gasteiger partial charge in [-0.15, -0.1) is 0 Å². The van der Waals surface area contributed by atoms with Gasteiger partial charge in [0.2, 0.25) is 0 Å². The van der Waals surface area contributed by atoms with E-state index in [1.807, 2.05) is 0 Å². The van der Waals surface area contributed by atoms with Crippen molar-refractivity contribution in [1.29, 1.82) is 0 Å². The first-order valence-corrected chi connectivity index (χ1v) is 10.8. The summed E-state index contributed by atoms with van der Waals surface area (Å²) in [6, 6.07) is 6.66. The number of benzene rings is 3. The van der Waals surface area contributed by atoms with Crippen LogP contribution in [0.5, 0.6) is 5.75 Å². The lowest BCUT2D eigenvalue weighted by molar-refractivity contribution is -0.253. The second-order valence-corrected chi connectivity index (χ2v) is 8.17. The fraction of sp³-hybridized carbons (Fsp3) is 0.240. The number of hydrogen-bond donors (Lipinski definition) is 2. The van der Waals surface area contributed by atoms with Gasteiger partial charge in [0.1, 0.15) is 23.2 Å². The molecule has 0 aliphatic heterocycles. The summed E-state index contributed by atoms with van der Waals surface area (Å²) >= 11 is 0. The molecule has 0 radical (unpaired) electrons. The number of hydrogen-bond acceptors (Lipinski definition) is 3. The number of rotatable bonds is 9. The zero-order chi connectivity index (χ0) is 29.2. The Hall–Kier alpha value is -3.81. The number of halogens is 10. The summed E-state index contributed by atoms with van der Waals surface area (Å²) in [7, 11) is 0. The molecule has 0 aliphatic carbocycles. The number of aliphatic hydroxyl groups is 1. The van der Waals surface area contributed by atoms with E-state index in [9.17, 15) is 53.8 Å². The van der Waals surface area contributed by atoms with E-state index in [0.29, 0.717) is 30.3 Å². The summed E-state index contributed by atoms with van der Waals surface area (Å²) in [5, 5.41) is 12.0. The molecule has 3 rings (SSSR count). The summed E-state index contributed by atoms with van der Waals surface area (Å²) in [6.07, 6.45) is -15.2. The number of nitrogens with one attached hydrogen (secondary N) is 1. The Bertz CT molecular complexity index is 1330. The molecule has 1 amide bonds. The maximum atomic E-state index is 14.5. The number of carbonyl (C=O) groups is 1. The normalized spacial score (nSPS) is 13.7. The van der Waals surface area contributed by atoms with Gasteiger partial charge in [-0.25, -0.2) is 13.2 Å². The Morgan fingerprint density at radius 1 is 0.846 bits per heavy atom. The van der Waals surface area contributed by atoms with Crippen LogP contribution in [0, 0.1) is 17.5 Å². The topological polar surface area (TPSA) is 58.6 Å². The van der Waals surface area contributed by atoms with E-state index >= 15 is 0 Å². The average Bonchev–Trinajstić information content (AvgIpc) is 2.83. The van der Waals surface area contributed by atoms with Gasteiger partial charge in [-0.2, -0.15) is 30.7 Å². The first-order chi connectivity index (χ1) is 18.1. The maximum absolute atomic E-state index is 14.5. The smallest absolute Gasteiger partial charge is 0.428 e. The third-order valence-electron chi connectivity index (χ3n) is 5.56. The molecule has 0 aliphatic rings. The molecule has 0 fully saturated rings.